The van der Waals surface area contributed by atoms with Gasteiger partial charge in [0.2, 0.25) is 0 Å². The summed E-state index contributed by atoms with van der Waals surface area (Å²) in [5, 5.41) is 0. The lowest BCUT2D eigenvalue weighted by Gasteiger charge is -2.20. The van der Waals surface area contributed by atoms with E-state index in [4.69, 9.17) is 4.98 Å². The quantitative estimate of drug-likeness (QED) is 0.212. The maximum absolute atomic E-state index is 5.19. The van der Waals surface area contributed by atoms with Gasteiger partial charge >= 0.3 is 0 Å². The van der Waals surface area contributed by atoms with Crippen molar-refractivity contribution >= 4 is 0 Å². The Morgan fingerprint density at radius 2 is 1.51 bits per heavy atom. The number of hydrogen-bond acceptors (Lipinski definition) is 1. The molecule has 1 aliphatic carbocycles. The Morgan fingerprint density at radius 3 is 2.20 bits per heavy atom. The monoisotopic (exact) mass is 457 g/mol. The lowest BCUT2D eigenvalue weighted by atomic mass is 9.85. The zero-order valence-corrected chi connectivity index (χ0v) is 20.7. The molecule has 0 bridgehead atoms. The van der Waals surface area contributed by atoms with Gasteiger partial charge in [0, 0.05) is 17.0 Å². The lowest BCUT2D eigenvalue weighted by Crippen LogP contribution is -2.50. The molecule has 1 fully saturated rings. The molecule has 2 heteroatoms. The van der Waals surface area contributed by atoms with Crippen molar-refractivity contribution in [2.45, 2.75) is 51.0 Å². The molecule has 1 saturated carbocycles. The van der Waals surface area contributed by atoms with Crippen LogP contribution in [0.25, 0.3) is 33.6 Å². The standard InChI is InChI=1S/C33H33N2/c1-4-6-21-33-23(3)30(33)26(5-2)27-19-13-14-20-28(27)32-29(24-15-9-7-10-16-24)31(34-22-35(32)33)25-17-11-8-12-18-25/h7-20,22,26,30H,3-6,21H2,1-2H3/q+1. The van der Waals surface area contributed by atoms with Crippen molar-refractivity contribution in [3.05, 3.63) is 109 Å². The molecule has 0 saturated heterocycles. The van der Waals surface area contributed by atoms with Gasteiger partial charge in [-0.2, -0.15) is 0 Å². The Morgan fingerprint density at radius 1 is 0.857 bits per heavy atom. The molecular weight excluding hydrogens is 424 g/mol. The maximum atomic E-state index is 5.19. The predicted octanol–water partition coefficient (Wildman–Crippen LogP) is 7.95. The molecule has 2 nitrogen and oxygen atoms in total. The fraction of sp³-hybridized carbons (Fsp3) is 0.273. The zero-order chi connectivity index (χ0) is 24.0. The van der Waals surface area contributed by atoms with Crippen molar-refractivity contribution in [3.63, 3.8) is 0 Å². The van der Waals surface area contributed by atoms with E-state index in [9.17, 15) is 0 Å². The third kappa shape index (κ3) is 3.23. The van der Waals surface area contributed by atoms with Gasteiger partial charge in [0.15, 0.2) is 5.69 Å². The van der Waals surface area contributed by atoms with Crippen molar-refractivity contribution < 1.29 is 4.57 Å². The Labute approximate surface area is 209 Å². The van der Waals surface area contributed by atoms with Crippen LogP contribution < -0.4 is 4.57 Å². The summed E-state index contributed by atoms with van der Waals surface area (Å²) in [4.78, 5) is 5.19. The maximum Gasteiger partial charge on any atom is 0.288 e. The number of benzene rings is 3. The number of unbranched alkanes of at least 4 members (excludes halogenated alkanes) is 1. The smallest absolute Gasteiger partial charge is 0.219 e. The van der Waals surface area contributed by atoms with Crippen LogP contribution in [0.15, 0.2) is 103 Å². The third-order valence-corrected chi connectivity index (χ3v) is 8.29. The second kappa shape index (κ2) is 8.61. The predicted molar refractivity (Wildman–Crippen MR) is 144 cm³/mol. The molecule has 0 N–H and O–H groups in total. The summed E-state index contributed by atoms with van der Waals surface area (Å²) >= 11 is 0. The van der Waals surface area contributed by atoms with Crippen molar-refractivity contribution in [3.8, 4) is 33.6 Å². The number of fused-ring (bicyclic) bond motifs is 5. The minimum atomic E-state index is -0.0587. The van der Waals surface area contributed by atoms with E-state index >= 15 is 0 Å². The number of nitrogens with zero attached hydrogens (tertiary/aromatic N) is 2. The Balaban J connectivity index is 1.75. The van der Waals surface area contributed by atoms with E-state index in [-0.39, 0.29) is 5.54 Å². The molecule has 174 valence electrons. The topological polar surface area (TPSA) is 16.8 Å². The highest BCUT2D eigenvalue weighted by atomic mass is 15.2. The molecule has 6 rings (SSSR count). The van der Waals surface area contributed by atoms with Crippen LogP contribution in [0.3, 0.4) is 0 Å². The molecule has 1 aliphatic heterocycles. The molecule has 1 aromatic heterocycles. The first-order chi connectivity index (χ1) is 17.2. The zero-order valence-electron chi connectivity index (χ0n) is 20.7. The molecular formula is C33H33N2+. The highest BCUT2D eigenvalue weighted by Gasteiger charge is 2.68. The van der Waals surface area contributed by atoms with Crippen molar-refractivity contribution in [2.75, 3.05) is 0 Å². The van der Waals surface area contributed by atoms with E-state index in [1.54, 1.807) is 0 Å². The van der Waals surface area contributed by atoms with Gasteiger partial charge in [-0.1, -0.05) is 112 Å². The van der Waals surface area contributed by atoms with Crippen LogP contribution >= 0.6 is 0 Å². The van der Waals surface area contributed by atoms with Gasteiger partial charge in [-0.15, -0.1) is 0 Å². The normalized spacial score (nSPS) is 22.1. The molecule has 0 amide bonds. The molecule has 3 atom stereocenters. The second-order valence-electron chi connectivity index (χ2n) is 10.1. The summed E-state index contributed by atoms with van der Waals surface area (Å²) in [5.74, 6) is 0.929. The molecule has 3 aromatic carbocycles. The largest absolute Gasteiger partial charge is 0.288 e. The Kier molecular flexibility index (Phi) is 5.40. The Hall–Kier alpha value is -3.52. The van der Waals surface area contributed by atoms with Crippen molar-refractivity contribution in [1.29, 1.82) is 0 Å². The first-order valence-corrected chi connectivity index (χ1v) is 13.1. The molecule has 35 heavy (non-hydrogen) atoms. The van der Waals surface area contributed by atoms with Crippen LogP contribution in [-0.4, -0.2) is 4.98 Å². The van der Waals surface area contributed by atoms with Gasteiger partial charge in [-0.25, -0.2) is 4.57 Å². The number of allylic oxidation sites excluding steroid dienone is 1. The van der Waals surface area contributed by atoms with Crippen LogP contribution in [0.2, 0.25) is 0 Å². The average Bonchev–Trinajstić information content (AvgIpc) is 3.54. The van der Waals surface area contributed by atoms with Crippen LogP contribution in [0.1, 0.15) is 51.0 Å². The van der Waals surface area contributed by atoms with Crippen LogP contribution in [0.4, 0.5) is 0 Å². The molecule has 2 heterocycles. The van der Waals surface area contributed by atoms with Crippen LogP contribution in [0, 0.1) is 5.92 Å². The number of hydrogen-bond donors (Lipinski definition) is 0. The SMILES string of the molecule is C=C1C2C(CC)c3ccccc3-c3c(-c4ccccc4)c(-c4ccccc4)nc[n+]3C12CCCC. The van der Waals surface area contributed by atoms with E-state index in [1.165, 1.54) is 46.4 Å². The lowest BCUT2D eigenvalue weighted by molar-refractivity contribution is -0.731. The third-order valence-electron chi connectivity index (χ3n) is 8.29. The highest BCUT2D eigenvalue weighted by molar-refractivity contribution is 5.90. The Bertz CT molecular complexity index is 1390. The number of aromatic nitrogens is 2. The summed E-state index contributed by atoms with van der Waals surface area (Å²) < 4.78 is 2.53. The summed E-state index contributed by atoms with van der Waals surface area (Å²) in [7, 11) is 0. The molecule has 3 unspecified atom stereocenters. The van der Waals surface area contributed by atoms with E-state index in [2.05, 4.69) is 116 Å². The highest BCUT2D eigenvalue weighted by Crippen LogP contribution is 2.65. The van der Waals surface area contributed by atoms with E-state index in [1.807, 2.05) is 0 Å². The van der Waals surface area contributed by atoms with Gasteiger partial charge in [-0.05, 0) is 46.9 Å². The first-order valence-electron chi connectivity index (χ1n) is 13.1. The fourth-order valence-electron chi connectivity index (χ4n) is 6.62. The molecule has 4 aromatic rings. The molecule has 0 radical (unpaired) electrons. The van der Waals surface area contributed by atoms with E-state index in [0.717, 1.165) is 24.1 Å². The van der Waals surface area contributed by atoms with E-state index in [0.29, 0.717) is 11.8 Å². The minimum Gasteiger partial charge on any atom is -0.219 e. The fourth-order valence-corrected chi connectivity index (χ4v) is 6.62. The first kappa shape index (κ1) is 22.0. The van der Waals surface area contributed by atoms with Gasteiger partial charge in [-0.3, -0.25) is 0 Å². The van der Waals surface area contributed by atoms with Gasteiger partial charge < -0.3 is 0 Å². The van der Waals surface area contributed by atoms with Gasteiger partial charge in [0.25, 0.3) is 6.33 Å². The number of rotatable bonds is 6. The van der Waals surface area contributed by atoms with Crippen LogP contribution in [0.5, 0.6) is 0 Å². The van der Waals surface area contributed by atoms with Gasteiger partial charge in [0.1, 0.15) is 11.2 Å². The van der Waals surface area contributed by atoms with Crippen LogP contribution in [-0.2, 0) is 5.54 Å². The van der Waals surface area contributed by atoms with Gasteiger partial charge in [0.05, 0.1) is 5.56 Å². The minimum absolute atomic E-state index is 0.0587. The van der Waals surface area contributed by atoms with Crippen molar-refractivity contribution in [2.24, 2.45) is 5.92 Å². The summed E-state index contributed by atoms with van der Waals surface area (Å²) in [6, 6.07) is 30.5. The second-order valence-corrected chi connectivity index (χ2v) is 10.1. The average molecular weight is 458 g/mol. The summed E-state index contributed by atoms with van der Waals surface area (Å²) in [5.41, 5.74) is 10.0. The van der Waals surface area contributed by atoms with Crippen molar-refractivity contribution in [1.82, 2.24) is 4.98 Å². The summed E-state index contributed by atoms with van der Waals surface area (Å²) in [6.07, 6.45) is 6.73. The van der Waals surface area contributed by atoms with E-state index < -0.39 is 0 Å². The molecule has 0 spiro atoms. The molecule has 2 aliphatic rings. The summed E-state index contributed by atoms with van der Waals surface area (Å²) in [6.45, 7) is 9.31.